The lowest BCUT2D eigenvalue weighted by Crippen LogP contribution is -2.40. The number of rotatable bonds is 3. The van der Waals surface area contributed by atoms with E-state index in [4.69, 9.17) is 5.73 Å². The number of nitrogens with one attached hydrogen (secondary N) is 1. The van der Waals surface area contributed by atoms with Gasteiger partial charge in [-0.25, -0.2) is 4.98 Å². The van der Waals surface area contributed by atoms with Gasteiger partial charge in [0.25, 0.3) is 5.91 Å². The minimum atomic E-state index is -0.0336. The van der Waals surface area contributed by atoms with E-state index in [9.17, 15) is 4.79 Å². The minimum Gasteiger partial charge on any atom is -0.384 e. The molecule has 1 saturated carbocycles. The molecule has 0 radical (unpaired) electrons. The van der Waals surface area contributed by atoms with Crippen LogP contribution >= 0.6 is 0 Å². The summed E-state index contributed by atoms with van der Waals surface area (Å²) in [4.78, 5) is 16.7. The second kappa shape index (κ2) is 6.04. The number of nitrogen functional groups attached to an aromatic ring is 1. The standard InChI is InChI=1S/C17H27N3O/c1-11(2)14-8-12(9-15(18)20-14)16(21)19-13-6-5-7-17(3,4)10-13/h8-9,11,13H,5-7,10H2,1-4H3,(H2,18,20)(H,19,21). The van der Waals surface area contributed by atoms with Crippen LogP contribution in [0.15, 0.2) is 12.1 Å². The maximum absolute atomic E-state index is 12.5. The summed E-state index contributed by atoms with van der Waals surface area (Å²) in [7, 11) is 0. The lowest BCUT2D eigenvalue weighted by atomic mass is 9.75. The van der Waals surface area contributed by atoms with Gasteiger partial charge in [-0.2, -0.15) is 0 Å². The zero-order valence-electron chi connectivity index (χ0n) is 13.6. The highest BCUT2D eigenvalue weighted by molar-refractivity contribution is 5.95. The summed E-state index contributed by atoms with van der Waals surface area (Å²) in [6.07, 6.45) is 4.51. The molecule has 1 aliphatic rings. The van der Waals surface area contributed by atoms with E-state index in [0.29, 0.717) is 16.8 Å². The molecular weight excluding hydrogens is 262 g/mol. The molecule has 1 atom stereocenters. The monoisotopic (exact) mass is 289 g/mol. The van der Waals surface area contributed by atoms with E-state index in [2.05, 4.69) is 24.1 Å². The normalized spacial score (nSPS) is 21.3. The number of pyridine rings is 1. The van der Waals surface area contributed by atoms with Crippen molar-refractivity contribution in [3.63, 3.8) is 0 Å². The van der Waals surface area contributed by atoms with Gasteiger partial charge in [-0.3, -0.25) is 4.79 Å². The number of aromatic nitrogens is 1. The van der Waals surface area contributed by atoms with Crippen molar-refractivity contribution in [2.45, 2.75) is 65.3 Å². The Kier molecular flexibility index (Phi) is 4.55. The van der Waals surface area contributed by atoms with Gasteiger partial charge in [0.15, 0.2) is 0 Å². The van der Waals surface area contributed by atoms with Crippen LogP contribution in [0, 0.1) is 5.41 Å². The molecule has 1 aliphatic carbocycles. The Balaban J connectivity index is 2.10. The quantitative estimate of drug-likeness (QED) is 0.895. The molecule has 1 heterocycles. The summed E-state index contributed by atoms with van der Waals surface area (Å²) >= 11 is 0. The number of amides is 1. The van der Waals surface area contributed by atoms with E-state index >= 15 is 0 Å². The van der Waals surface area contributed by atoms with Crippen molar-refractivity contribution in [2.75, 3.05) is 5.73 Å². The molecular formula is C17H27N3O. The summed E-state index contributed by atoms with van der Waals surface area (Å²) in [5.74, 6) is 0.637. The first-order chi connectivity index (χ1) is 9.77. The van der Waals surface area contributed by atoms with E-state index in [1.165, 1.54) is 12.8 Å². The molecule has 116 valence electrons. The summed E-state index contributed by atoms with van der Waals surface area (Å²) in [5.41, 5.74) is 7.62. The molecule has 1 fully saturated rings. The van der Waals surface area contributed by atoms with Crippen molar-refractivity contribution in [3.05, 3.63) is 23.4 Å². The van der Waals surface area contributed by atoms with Gasteiger partial charge in [0.05, 0.1) is 0 Å². The van der Waals surface area contributed by atoms with E-state index in [0.717, 1.165) is 18.5 Å². The first kappa shape index (κ1) is 15.8. The third kappa shape index (κ3) is 4.19. The summed E-state index contributed by atoms with van der Waals surface area (Å²) < 4.78 is 0. The van der Waals surface area contributed by atoms with Gasteiger partial charge < -0.3 is 11.1 Å². The molecule has 1 unspecified atom stereocenters. The van der Waals surface area contributed by atoms with Crippen LogP contribution in [0.5, 0.6) is 0 Å². The molecule has 1 aromatic rings. The second-order valence-corrected chi connectivity index (χ2v) is 7.29. The number of nitrogens with two attached hydrogens (primary N) is 1. The van der Waals surface area contributed by atoms with E-state index in [1.807, 2.05) is 19.9 Å². The van der Waals surface area contributed by atoms with E-state index in [1.54, 1.807) is 6.07 Å². The van der Waals surface area contributed by atoms with Crippen LogP contribution in [0.25, 0.3) is 0 Å². The maximum atomic E-state index is 12.5. The highest BCUT2D eigenvalue weighted by Crippen LogP contribution is 2.35. The molecule has 4 nitrogen and oxygen atoms in total. The number of hydrogen-bond acceptors (Lipinski definition) is 3. The van der Waals surface area contributed by atoms with E-state index < -0.39 is 0 Å². The Morgan fingerprint density at radius 2 is 2.14 bits per heavy atom. The van der Waals surface area contributed by atoms with Crippen molar-refractivity contribution >= 4 is 11.7 Å². The first-order valence-electron chi connectivity index (χ1n) is 7.85. The molecule has 4 heteroatoms. The Morgan fingerprint density at radius 1 is 1.43 bits per heavy atom. The SMILES string of the molecule is CC(C)c1cc(C(=O)NC2CCCC(C)(C)C2)cc(N)n1. The molecule has 21 heavy (non-hydrogen) atoms. The fourth-order valence-electron chi connectivity index (χ4n) is 3.09. The van der Waals surface area contributed by atoms with Crippen LogP contribution in [0.3, 0.4) is 0 Å². The van der Waals surface area contributed by atoms with Crippen LogP contribution < -0.4 is 11.1 Å². The first-order valence-corrected chi connectivity index (χ1v) is 7.85. The summed E-state index contributed by atoms with van der Waals surface area (Å²) in [6, 6.07) is 3.78. The molecule has 0 aromatic carbocycles. The van der Waals surface area contributed by atoms with Gasteiger partial charge in [0.2, 0.25) is 0 Å². The van der Waals surface area contributed by atoms with Crippen LogP contribution in [-0.4, -0.2) is 16.9 Å². The minimum absolute atomic E-state index is 0.0336. The van der Waals surface area contributed by atoms with Crippen molar-refractivity contribution in [2.24, 2.45) is 5.41 Å². The van der Waals surface area contributed by atoms with Crippen molar-refractivity contribution in [1.82, 2.24) is 10.3 Å². The predicted molar refractivity (Wildman–Crippen MR) is 86.2 cm³/mol. The molecule has 0 saturated heterocycles. The van der Waals surface area contributed by atoms with Crippen LogP contribution in [0.2, 0.25) is 0 Å². The van der Waals surface area contributed by atoms with Gasteiger partial charge in [-0.05, 0) is 42.7 Å². The van der Waals surface area contributed by atoms with Crippen molar-refractivity contribution in [3.8, 4) is 0 Å². The van der Waals surface area contributed by atoms with Gasteiger partial charge in [0.1, 0.15) is 5.82 Å². The van der Waals surface area contributed by atoms with Crippen LogP contribution in [-0.2, 0) is 0 Å². The Labute approximate surface area is 127 Å². The molecule has 1 amide bonds. The molecule has 0 bridgehead atoms. The van der Waals surface area contributed by atoms with Gasteiger partial charge in [0, 0.05) is 17.3 Å². The van der Waals surface area contributed by atoms with Gasteiger partial charge >= 0.3 is 0 Å². The summed E-state index contributed by atoms with van der Waals surface area (Å²) in [6.45, 7) is 8.64. The van der Waals surface area contributed by atoms with Crippen LogP contribution in [0.4, 0.5) is 5.82 Å². The zero-order valence-corrected chi connectivity index (χ0v) is 13.6. The molecule has 1 aromatic heterocycles. The number of carbonyl (C=O) groups is 1. The number of hydrogen-bond donors (Lipinski definition) is 2. The molecule has 2 rings (SSSR count). The van der Waals surface area contributed by atoms with Crippen molar-refractivity contribution in [1.29, 1.82) is 0 Å². The largest absolute Gasteiger partial charge is 0.384 e. The topological polar surface area (TPSA) is 68.0 Å². The number of carbonyl (C=O) groups excluding carboxylic acids is 1. The third-order valence-electron chi connectivity index (χ3n) is 4.26. The lowest BCUT2D eigenvalue weighted by Gasteiger charge is -2.35. The molecule has 0 aliphatic heterocycles. The maximum Gasteiger partial charge on any atom is 0.251 e. The molecule has 3 N–H and O–H groups in total. The fraction of sp³-hybridized carbons (Fsp3) is 0.647. The summed E-state index contributed by atoms with van der Waals surface area (Å²) in [5, 5.41) is 3.16. The van der Waals surface area contributed by atoms with E-state index in [-0.39, 0.29) is 17.9 Å². The third-order valence-corrected chi connectivity index (χ3v) is 4.26. The number of anilines is 1. The lowest BCUT2D eigenvalue weighted by molar-refractivity contribution is 0.0902. The number of nitrogens with zero attached hydrogens (tertiary/aromatic N) is 1. The highest BCUT2D eigenvalue weighted by atomic mass is 16.1. The Hall–Kier alpha value is -1.58. The Bertz CT molecular complexity index is 523. The van der Waals surface area contributed by atoms with Gasteiger partial charge in [-0.1, -0.05) is 34.1 Å². The fourth-order valence-corrected chi connectivity index (χ4v) is 3.09. The average molecular weight is 289 g/mol. The smallest absolute Gasteiger partial charge is 0.251 e. The average Bonchev–Trinajstić information content (AvgIpc) is 2.36. The van der Waals surface area contributed by atoms with Crippen LogP contribution in [0.1, 0.15) is 75.3 Å². The molecule has 0 spiro atoms. The highest BCUT2D eigenvalue weighted by Gasteiger charge is 2.29. The predicted octanol–water partition coefficient (Wildman–Crippen LogP) is 3.49. The van der Waals surface area contributed by atoms with Crippen molar-refractivity contribution < 1.29 is 4.79 Å². The zero-order chi connectivity index (χ0) is 15.6. The van der Waals surface area contributed by atoms with Gasteiger partial charge in [-0.15, -0.1) is 0 Å². The Morgan fingerprint density at radius 3 is 2.76 bits per heavy atom. The second-order valence-electron chi connectivity index (χ2n) is 7.29.